The van der Waals surface area contributed by atoms with Crippen LogP contribution in [0.1, 0.15) is 23.7 Å². The number of hydrogen-bond donors (Lipinski definition) is 1. The van der Waals surface area contributed by atoms with Crippen LogP contribution in [0.2, 0.25) is 0 Å². The van der Waals surface area contributed by atoms with Crippen LogP contribution < -0.4 is 0 Å². The van der Waals surface area contributed by atoms with Gasteiger partial charge in [-0.1, -0.05) is 34.1 Å². The Labute approximate surface area is 126 Å². The first-order valence-corrected chi connectivity index (χ1v) is 8.02. The second kappa shape index (κ2) is 7.20. The quantitative estimate of drug-likeness (QED) is 0.857. The molecule has 0 radical (unpaired) electrons. The normalized spacial score (nSPS) is 12.8. The molecule has 0 bridgehead atoms. The topological polar surface area (TPSA) is 23.5 Å². The van der Waals surface area contributed by atoms with Gasteiger partial charge in [0.15, 0.2) is 0 Å². The zero-order valence-electron chi connectivity index (χ0n) is 10.9. The maximum atomic E-state index is 10.2. The highest BCUT2D eigenvalue weighted by molar-refractivity contribution is 9.10. The predicted octanol–water partition coefficient (Wildman–Crippen LogP) is 4.07. The lowest BCUT2D eigenvalue weighted by molar-refractivity contribution is 0.147. The minimum atomic E-state index is -0.416. The van der Waals surface area contributed by atoms with Gasteiger partial charge >= 0.3 is 0 Å². The van der Waals surface area contributed by atoms with E-state index >= 15 is 0 Å². The SMILES string of the molecule is CN(CCC(O)c1ccccc1Br)Cc1ccsc1. The van der Waals surface area contributed by atoms with E-state index in [9.17, 15) is 5.11 Å². The summed E-state index contributed by atoms with van der Waals surface area (Å²) in [5.74, 6) is 0. The van der Waals surface area contributed by atoms with E-state index in [-0.39, 0.29) is 0 Å². The Bertz CT molecular complexity index is 501. The number of thiophene rings is 1. The molecule has 0 aliphatic rings. The van der Waals surface area contributed by atoms with Crippen LogP contribution in [0.5, 0.6) is 0 Å². The number of halogens is 1. The molecule has 0 saturated carbocycles. The number of hydrogen-bond acceptors (Lipinski definition) is 3. The zero-order chi connectivity index (χ0) is 13.7. The van der Waals surface area contributed by atoms with Crippen molar-refractivity contribution in [3.63, 3.8) is 0 Å². The van der Waals surface area contributed by atoms with E-state index in [1.807, 2.05) is 24.3 Å². The summed E-state index contributed by atoms with van der Waals surface area (Å²) >= 11 is 5.20. The van der Waals surface area contributed by atoms with Crippen molar-refractivity contribution in [1.29, 1.82) is 0 Å². The van der Waals surface area contributed by atoms with Gasteiger partial charge in [0.2, 0.25) is 0 Å². The maximum Gasteiger partial charge on any atom is 0.0813 e. The first-order chi connectivity index (χ1) is 9.16. The number of aliphatic hydroxyl groups excluding tert-OH is 1. The van der Waals surface area contributed by atoms with E-state index in [1.165, 1.54) is 5.56 Å². The van der Waals surface area contributed by atoms with E-state index in [0.29, 0.717) is 0 Å². The minimum Gasteiger partial charge on any atom is -0.388 e. The van der Waals surface area contributed by atoms with Crippen LogP contribution in [0.15, 0.2) is 45.6 Å². The van der Waals surface area contributed by atoms with E-state index in [2.05, 4.69) is 44.7 Å². The smallest absolute Gasteiger partial charge is 0.0813 e. The van der Waals surface area contributed by atoms with Crippen LogP contribution in [0.4, 0.5) is 0 Å². The Balaban J connectivity index is 1.83. The molecule has 1 N–H and O–H groups in total. The lowest BCUT2D eigenvalue weighted by atomic mass is 10.1. The summed E-state index contributed by atoms with van der Waals surface area (Å²) in [5, 5.41) is 14.5. The molecule has 1 aromatic heterocycles. The van der Waals surface area contributed by atoms with Crippen molar-refractivity contribution >= 4 is 27.3 Å². The van der Waals surface area contributed by atoms with Gasteiger partial charge in [-0.15, -0.1) is 0 Å². The molecule has 0 aliphatic heterocycles. The molecule has 2 rings (SSSR count). The van der Waals surface area contributed by atoms with Crippen molar-refractivity contribution in [3.8, 4) is 0 Å². The van der Waals surface area contributed by atoms with Gasteiger partial charge in [-0.3, -0.25) is 0 Å². The third-order valence-corrected chi connectivity index (χ3v) is 4.54. The second-order valence-electron chi connectivity index (χ2n) is 4.70. The van der Waals surface area contributed by atoms with Gasteiger partial charge in [0.05, 0.1) is 6.10 Å². The van der Waals surface area contributed by atoms with Crippen LogP contribution in [-0.4, -0.2) is 23.6 Å². The van der Waals surface area contributed by atoms with Crippen molar-refractivity contribution in [2.24, 2.45) is 0 Å². The maximum absolute atomic E-state index is 10.2. The standard InChI is InChI=1S/C15H18BrNOS/c1-17(10-12-7-9-19-11-12)8-6-15(18)13-4-2-3-5-14(13)16/h2-5,7,9,11,15,18H,6,8,10H2,1H3. The van der Waals surface area contributed by atoms with Gasteiger partial charge in [-0.25, -0.2) is 0 Å². The first-order valence-electron chi connectivity index (χ1n) is 6.29. The molecule has 1 atom stereocenters. The summed E-state index contributed by atoms with van der Waals surface area (Å²) in [4.78, 5) is 2.24. The summed E-state index contributed by atoms with van der Waals surface area (Å²) in [7, 11) is 2.09. The van der Waals surface area contributed by atoms with Gasteiger partial charge in [0, 0.05) is 17.6 Å². The molecule has 0 saturated heterocycles. The molecule has 1 unspecified atom stereocenters. The van der Waals surface area contributed by atoms with Gasteiger partial charge < -0.3 is 10.0 Å². The minimum absolute atomic E-state index is 0.416. The van der Waals surface area contributed by atoms with Crippen molar-refractivity contribution in [2.45, 2.75) is 19.1 Å². The number of aliphatic hydroxyl groups is 1. The molecule has 0 aliphatic carbocycles. The third kappa shape index (κ3) is 4.42. The average molecular weight is 340 g/mol. The van der Waals surface area contributed by atoms with Crippen LogP contribution in [-0.2, 0) is 6.54 Å². The first kappa shape index (κ1) is 14.7. The monoisotopic (exact) mass is 339 g/mol. The number of rotatable bonds is 6. The van der Waals surface area contributed by atoms with E-state index in [1.54, 1.807) is 11.3 Å². The number of benzene rings is 1. The third-order valence-electron chi connectivity index (χ3n) is 3.08. The molecular formula is C15H18BrNOS. The molecule has 19 heavy (non-hydrogen) atoms. The van der Waals surface area contributed by atoms with E-state index in [0.717, 1.165) is 29.5 Å². The van der Waals surface area contributed by atoms with Gasteiger partial charge in [0.1, 0.15) is 0 Å². The molecule has 1 heterocycles. The second-order valence-corrected chi connectivity index (χ2v) is 6.33. The largest absolute Gasteiger partial charge is 0.388 e. The van der Waals surface area contributed by atoms with Crippen molar-refractivity contribution in [1.82, 2.24) is 4.90 Å². The van der Waals surface area contributed by atoms with Crippen LogP contribution in [0.25, 0.3) is 0 Å². The highest BCUT2D eigenvalue weighted by atomic mass is 79.9. The Morgan fingerprint density at radius 1 is 1.32 bits per heavy atom. The van der Waals surface area contributed by atoms with Crippen molar-refractivity contribution in [2.75, 3.05) is 13.6 Å². The van der Waals surface area contributed by atoms with Crippen LogP contribution in [0.3, 0.4) is 0 Å². The summed E-state index contributed by atoms with van der Waals surface area (Å²) in [6, 6.07) is 9.99. The van der Waals surface area contributed by atoms with Crippen LogP contribution >= 0.6 is 27.3 Å². The summed E-state index contributed by atoms with van der Waals surface area (Å²) in [6.45, 7) is 1.81. The fraction of sp³-hybridized carbons (Fsp3) is 0.333. The predicted molar refractivity (Wildman–Crippen MR) is 84.4 cm³/mol. The molecule has 4 heteroatoms. The Kier molecular flexibility index (Phi) is 5.58. The lowest BCUT2D eigenvalue weighted by Gasteiger charge is -2.19. The van der Waals surface area contributed by atoms with Crippen molar-refractivity contribution < 1.29 is 5.11 Å². The van der Waals surface area contributed by atoms with E-state index < -0.39 is 6.10 Å². The highest BCUT2D eigenvalue weighted by Gasteiger charge is 2.11. The fourth-order valence-electron chi connectivity index (χ4n) is 2.02. The lowest BCUT2D eigenvalue weighted by Crippen LogP contribution is -2.20. The van der Waals surface area contributed by atoms with Gasteiger partial charge in [0.25, 0.3) is 0 Å². The highest BCUT2D eigenvalue weighted by Crippen LogP contribution is 2.25. The summed E-state index contributed by atoms with van der Waals surface area (Å²) < 4.78 is 0.975. The molecule has 2 nitrogen and oxygen atoms in total. The molecule has 2 aromatic rings. The van der Waals surface area contributed by atoms with Crippen LogP contribution in [0, 0.1) is 0 Å². The van der Waals surface area contributed by atoms with Gasteiger partial charge in [-0.2, -0.15) is 11.3 Å². The van der Waals surface area contributed by atoms with Crippen molar-refractivity contribution in [3.05, 3.63) is 56.7 Å². The average Bonchev–Trinajstić information content (AvgIpc) is 2.89. The fourth-order valence-corrected chi connectivity index (χ4v) is 3.23. The Morgan fingerprint density at radius 2 is 2.11 bits per heavy atom. The molecule has 1 aromatic carbocycles. The number of nitrogens with zero attached hydrogens (tertiary/aromatic N) is 1. The molecule has 102 valence electrons. The molecule has 0 spiro atoms. The Morgan fingerprint density at radius 3 is 2.79 bits per heavy atom. The van der Waals surface area contributed by atoms with E-state index in [4.69, 9.17) is 0 Å². The summed E-state index contributed by atoms with van der Waals surface area (Å²) in [6.07, 6.45) is 0.323. The molecular weight excluding hydrogens is 322 g/mol. The molecule has 0 fully saturated rings. The van der Waals surface area contributed by atoms with Gasteiger partial charge in [-0.05, 0) is 47.5 Å². The summed E-state index contributed by atoms with van der Waals surface area (Å²) in [5.41, 5.74) is 2.30. The zero-order valence-corrected chi connectivity index (χ0v) is 13.3. The Hall–Kier alpha value is -0.680. The molecule has 0 amide bonds.